The highest BCUT2D eigenvalue weighted by atomic mass is 19.4. The van der Waals surface area contributed by atoms with Crippen molar-refractivity contribution in [3.8, 4) is 0 Å². The highest BCUT2D eigenvalue weighted by Crippen LogP contribution is 2.40. The number of aryl methyl sites for hydroxylation is 2. The molecule has 0 radical (unpaired) electrons. The molecule has 1 aliphatic rings. The molecule has 4 rings (SSSR count). The monoisotopic (exact) mass is 642 g/mol. The van der Waals surface area contributed by atoms with E-state index in [-0.39, 0.29) is 35.7 Å². The number of benzene rings is 3. The van der Waals surface area contributed by atoms with Gasteiger partial charge in [0.2, 0.25) is 5.91 Å². The Hall–Kier alpha value is -4.13. The Bertz CT molecular complexity index is 1600. The molecule has 1 saturated heterocycles. The number of hydrogen-bond acceptors (Lipinski definition) is 3. The molecule has 0 saturated carbocycles. The molecule has 0 aliphatic carbocycles. The Morgan fingerprint density at radius 1 is 0.778 bits per heavy atom. The first-order valence-corrected chi connectivity index (χ1v) is 13.7. The first-order valence-electron chi connectivity index (χ1n) is 13.7. The zero-order valence-corrected chi connectivity index (χ0v) is 24.0. The summed E-state index contributed by atoms with van der Waals surface area (Å²) in [4.78, 5) is 28.1. The van der Waals surface area contributed by atoms with Crippen LogP contribution in [0, 0.1) is 13.8 Å². The Kier molecular flexibility index (Phi) is 9.53. The van der Waals surface area contributed by atoms with Crippen LogP contribution in [0.1, 0.15) is 60.4 Å². The van der Waals surface area contributed by atoms with Crippen LogP contribution in [0.5, 0.6) is 0 Å². The van der Waals surface area contributed by atoms with Crippen molar-refractivity contribution in [1.29, 1.82) is 0 Å². The molecule has 0 unspecified atom stereocenters. The summed E-state index contributed by atoms with van der Waals surface area (Å²) >= 11 is 0. The summed E-state index contributed by atoms with van der Waals surface area (Å²) in [6.07, 6.45) is -13.9. The van der Waals surface area contributed by atoms with Crippen molar-refractivity contribution in [2.24, 2.45) is 0 Å². The van der Waals surface area contributed by atoms with Gasteiger partial charge in [0.15, 0.2) is 5.78 Å². The number of carbonyl (C=O) groups excluding carboxylic acids is 2. The van der Waals surface area contributed by atoms with Gasteiger partial charge >= 0.3 is 18.5 Å². The number of halogens is 9. The third-order valence-electron chi connectivity index (χ3n) is 7.52. The van der Waals surface area contributed by atoms with Gasteiger partial charge < -0.3 is 10.2 Å². The number of nitrogens with one attached hydrogen (secondary N) is 1. The summed E-state index contributed by atoms with van der Waals surface area (Å²) in [5, 5.41) is 3.07. The second-order valence-corrected chi connectivity index (χ2v) is 10.7. The normalized spacial score (nSPS) is 14.7. The van der Waals surface area contributed by atoms with Crippen molar-refractivity contribution in [2.45, 2.75) is 38.8 Å². The number of amides is 1. The molecule has 3 aromatic carbocycles. The summed E-state index contributed by atoms with van der Waals surface area (Å²) in [5.74, 6) is -2.14. The first kappa shape index (κ1) is 33.8. The van der Waals surface area contributed by atoms with Gasteiger partial charge in [0.1, 0.15) is 0 Å². The molecule has 1 N–H and O–H groups in total. The van der Waals surface area contributed by atoms with Crippen molar-refractivity contribution in [3.63, 3.8) is 0 Å². The van der Waals surface area contributed by atoms with Crippen LogP contribution in [0.15, 0.2) is 54.6 Å². The van der Waals surface area contributed by atoms with E-state index in [2.05, 4.69) is 5.32 Å². The molecule has 0 aromatic heterocycles. The summed E-state index contributed by atoms with van der Waals surface area (Å²) in [6.45, 7) is 5.31. The van der Waals surface area contributed by atoms with E-state index in [0.29, 0.717) is 37.8 Å². The van der Waals surface area contributed by atoms with E-state index >= 15 is 0 Å². The maximum atomic E-state index is 14.4. The molecule has 1 amide bonds. The molecule has 3 aromatic rings. The molecule has 13 heteroatoms. The summed E-state index contributed by atoms with van der Waals surface area (Å²) < 4.78 is 125. The van der Waals surface area contributed by atoms with Crippen molar-refractivity contribution < 1.29 is 49.1 Å². The topological polar surface area (TPSA) is 49.4 Å². The number of ketones is 1. The molecule has 240 valence electrons. The number of alkyl halides is 9. The quantitative estimate of drug-likeness (QED) is 0.171. The molecule has 0 spiro atoms. The van der Waals surface area contributed by atoms with E-state index in [1.54, 1.807) is 32.0 Å². The molecular weight excluding hydrogens is 615 g/mol. The van der Waals surface area contributed by atoms with Gasteiger partial charge in [-0.3, -0.25) is 9.59 Å². The lowest BCUT2D eigenvalue weighted by Crippen LogP contribution is -2.45. The van der Waals surface area contributed by atoms with Crippen LogP contribution in [0.2, 0.25) is 0 Å². The number of carbonyl (C=O) groups is 2. The van der Waals surface area contributed by atoms with Crippen LogP contribution >= 0.6 is 0 Å². The van der Waals surface area contributed by atoms with E-state index < -0.39 is 58.0 Å². The fraction of sp³-hybridized carbons (Fsp3) is 0.312. The van der Waals surface area contributed by atoms with E-state index in [9.17, 15) is 49.1 Å². The van der Waals surface area contributed by atoms with Crippen LogP contribution in [0.4, 0.5) is 39.5 Å². The standard InChI is InChI=1S/C32H27F9N2O2/c1-18-3-4-20(13-19(18)2)14-25-21(6-8-27(44)43-11-9-42-10-12-43)5-7-26(32(39,40)41)28(25)29(45)22-15-23(30(33,34)35)17-24(16-22)31(36,37)38/h3-8,13,15-17,42H,9-12,14H2,1-2H3. The average Bonchev–Trinajstić information content (AvgIpc) is 2.96. The second-order valence-electron chi connectivity index (χ2n) is 10.7. The zero-order valence-electron chi connectivity index (χ0n) is 24.0. The van der Waals surface area contributed by atoms with Crippen LogP contribution in [-0.4, -0.2) is 42.8 Å². The van der Waals surface area contributed by atoms with Crippen LogP contribution in [0.3, 0.4) is 0 Å². The fourth-order valence-electron chi connectivity index (χ4n) is 5.01. The van der Waals surface area contributed by atoms with Gasteiger partial charge in [0, 0.05) is 43.4 Å². The van der Waals surface area contributed by atoms with Crippen LogP contribution in [0.25, 0.3) is 6.08 Å². The summed E-state index contributed by atoms with van der Waals surface area (Å²) in [6, 6.07) is 6.47. The largest absolute Gasteiger partial charge is 0.417 e. The van der Waals surface area contributed by atoms with Gasteiger partial charge in [-0.2, -0.15) is 39.5 Å². The number of piperazine rings is 1. The molecule has 1 aliphatic heterocycles. The van der Waals surface area contributed by atoms with Crippen molar-refractivity contribution in [3.05, 3.63) is 110 Å². The predicted octanol–water partition coefficient (Wildman–Crippen LogP) is 7.63. The lowest BCUT2D eigenvalue weighted by Gasteiger charge is -2.26. The molecule has 0 bridgehead atoms. The highest BCUT2D eigenvalue weighted by molar-refractivity contribution is 6.12. The fourth-order valence-corrected chi connectivity index (χ4v) is 5.01. The average molecular weight is 643 g/mol. The number of nitrogens with zero attached hydrogens (tertiary/aromatic N) is 1. The maximum absolute atomic E-state index is 14.4. The zero-order chi connectivity index (χ0) is 33.3. The van der Waals surface area contributed by atoms with Crippen molar-refractivity contribution >= 4 is 17.8 Å². The Morgan fingerprint density at radius 2 is 1.38 bits per heavy atom. The van der Waals surface area contributed by atoms with Gasteiger partial charge in [-0.05, 0) is 78.4 Å². The smallest absolute Gasteiger partial charge is 0.337 e. The minimum absolute atomic E-state index is 0.0314. The third kappa shape index (κ3) is 7.94. The van der Waals surface area contributed by atoms with E-state index in [1.807, 2.05) is 0 Å². The van der Waals surface area contributed by atoms with E-state index in [0.717, 1.165) is 23.3 Å². The number of rotatable bonds is 6. The van der Waals surface area contributed by atoms with Gasteiger partial charge in [-0.15, -0.1) is 0 Å². The Balaban J connectivity index is 1.97. The minimum Gasteiger partial charge on any atom is -0.337 e. The van der Waals surface area contributed by atoms with Crippen molar-refractivity contribution in [2.75, 3.05) is 26.2 Å². The molecule has 1 heterocycles. The highest BCUT2D eigenvalue weighted by Gasteiger charge is 2.40. The minimum atomic E-state index is -5.33. The molecule has 1 fully saturated rings. The lowest BCUT2D eigenvalue weighted by atomic mass is 9.85. The number of hydrogen-bond donors (Lipinski definition) is 1. The Morgan fingerprint density at radius 3 is 1.91 bits per heavy atom. The molecule has 0 atom stereocenters. The second kappa shape index (κ2) is 12.7. The summed E-state index contributed by atoms with van der Waals surface area (Å²) in [7, 11) is 0. The van der Waals surface area contributed by atoms with Crippen LogP contribution < -0.4 is 5.32 Å². The lowest BCUT2D eigenvalue weighted by molar-refractivity contribution is -0.143. The molecule has 45 heavy (non-hydrogen) atoms. The molecule has 4 nitrogen and oxygen atoms in total. The van der Waals surface area contributed by atoms with Crippen molar-refractivity contribution in [1.82, 2.24) is 10.2 Å². The van der Waals surface area contributed by atoms with E-state index in [4.69, 9.17) is 0 Å². The predicted molar refractivity (Wildman–Crippen MR) is 149 cm³/mol. The van der Waals surface area contributed by atoms with Gasteiger partial charge in [-0.25, -0.2) is 0 Å². The van der Waals surface area contributed by atoms with Gasteiger partial charge in [-0.1, -0.05) is 24.3 Å². The van der Waals surface area contributed by atoms with Crippen LogP contribution in [-0.2, 0) is 29.7 Å². The van der Waals surface area contributed by atoms with Gasteiger partial charge in [0.25, 0.3) is 0 Å². The molecular formula is C32H27F9N2O2. The SMILES string of the molecule is Cc1ccc(Cc2c(C=CC(=O)N3CCNCC3)ccc(C(F)(F)F)c2C(=O)c2cc(C(F)(F)F)cc(C(F)(F)F)c2)cc1C. The first-order chi connectivity index (χ1) is 20.9. The summed E-state index contributed by atoms with van der Waals surface area (Å²) in [5.41, 5.74) is -5.87. The Labute approximate surface area is 252 Å². The van der Waals surface area contributed by atoms with E-state index in [1.165, 1.54) is 11.0 Å². The van der Waals surface area contributed by atoms with Gasteiger partial charge in [0.05, 0.1) is 16.7 Å². The maximum Gasteiger partial charge on any atom is 0.417 e. The third-order valence-corrected chi connectivity index (χ3v) is 7.52.